The Balaban J connectivity index is 2.95. The van der Waals surface area contributed by atoms with E-state index in [0.717, 1.165) is 6.42 Å². The van der Waals surface area contributed by atoms with Crippen LogP contribution in [0.1, 0.15) is 29.3 Å². The van der Waals surface area contributed by atoms with Gasteiger partial charge in [0.25, 0.3) is 5.91 Å². The lowest BCUT2D eigenvalue weighted by Gasteiger charge is -2.21. The molecular weight excluding hydrogens is 249 g/mol. The number of oxime groups is 1. The number of amidine groups is 1. The van der Waals surface area contributed by atoms with Crippen molar-refractivity contribution < 1.29 is 14.4 Å². The predicted octanol–water partition coefficient (Wildman–Crippen LogP) is 1.73. The smallest absolute Gasteiger partial charge is 0.254 e. The van der Waals surface area contributed by atoms with Crippen molar-refractivity contribution in [2.24, 2.45) is 10.9 Å². The zero-order valence-corrected chi connectivity index (χ0v) is 11.1. The molecule has 19 heavy (non-hydrogen) atoms. The summed E-state index contributed by atoms with van der Waals surface area (Å²) >= 11 is 0. The third-order valence-electron chi connectivity index (χ3n) is 2.68. The molecule has 1 amide bonds. The average molecular weight is 267 g/mol. The van der Waals surface area contributed by atoms with Gasteiger partial charge in [-0.3, -0.25) is 4.79 Å². The molecule has 0 fully saturated rings. The van der Waals surface area contributed by atoms with Gasteiger partial charge in [0.05, 0.1) is 6.54 Å². The molecule has 0 saturated carbocycles. The molecule has 0 atom stereocenters. The fourth-order valence-corrected chi connectivity index (χ4v) is 1.66. The highest BCUT2D eigenvalue weighted by atomic mass is 19.1. The van der Waals surface area contributed by atoms with Crippen molar-refractivity contribution in [1.29, 1.82) is 0 Å². The lowest BCUT2D eigenvalue weighted by molar-refractivity contribution is 0.0777. The van der Waals surface area contributed by atoms with E-state index in [4.69, 9.17) is 10.9 Å². The van der Waals surface area contributed by atoms with Crippen LogP contribution in [0.2, 0.25) is 0 Å². The largest absolute Gasteiger partial charge is 0.409 e. The highest BCUT2D eigenvalue weighted by Crippen LogP contribution is 2.12. The van der Waals surface area contributed by atoms with Crippen molar-refractivity contribution in [1.82, 2.24) is 4.90 Å². The van der Waals surface area contributed by atoms with Gasteiger partial charge >= 0.3 is 0 Å². The Hall–Kier alpha value is -2.11. The Labute approximate surface area is 111 Å². The maximum Gasteiger partial charge on any atom is 0.254 e. The van der Waals surface area contributed by atoms with Gasteiger partial charge in [-0.1, -0.05) is 18.1 Å². The lowest BCUT2D eigenvalue weighted by Crippen LogP contribution is -2.39. The van der Waals surface area contributed by atoms with Crippen molar-refractivity contribution in [3.05, 3.63) is 35.1 Å². The van der Waals surface area contributed by atoms with Crippen molar-refractivity contribution in [3.63, 3.8) is 0 Å². The van der Waals surface area contributed by atoms with E-state index in [1.54, 1.807) is 19.1 Å². The molecule has 0 spiro atoms. The monoisotopic (exact) mass is 267 g/mol. The minimum atomic E-state index is -0.425. The maximum absolute atomic E-state index is 13.5. The summed E-state index contributed by atoms with van der Waals surface area (Å²) in [4.78, 5) is 13.6. The number of hydrogen-bond donors (Lipinski definition) is 2. The number of hydrogen-bond acceptors (Lipinski definition) is 3. The summed E-state index contributed by atoms with van der Waals surface area (Å²) in [7, 11) is 0. The van der Waals surface area contributed by atoms with E-state index in [1.165, 1.54) is 11.0 Å². The van der Waals surface area contributed by atoms with E-state index in [9.17, 15) is 9.18 Å². The Morgan fingerprint density at radius 2 is 2.21 bits per heavy atom. The molecule has 0 unspecified atom stereocenters. The first-order valence-electron chi connectivity index (χ1n) is 6.01. The summed E-state index contributed by atoms with van der Waals surface area (Å²) in [5.41, 5.74) is 6.14. The Kier molecular flexibility index (Phi) is 5.29. The summed E-state index contributed by atoms with van der Waals surface area (Å²) in [6, 6.07) is 4.32. The molecule has 0 heterocycles. The van der Waals surface area contributed by atoms with E-state index in [2.05, 4.69) is 5.16 Å². The zero-order chi connectivity index (χ0) is 14.4. The fourth-order valence-electron chi connectivity index (χ4n) is 1.66. The number of benzene rings is 1. The van der Waals surface area contributed by atoms with Crippen LogP contribution in [0.3, 0.4) is 0 Å². The molecule has 0 radical (unpaired) electrons. The van der Waals surface area contributed by atoms with E-state index in [1.807, 2.05) is 6.92 Å². The van der Waals surface area contributed by atoms with E-state index >= 15 is 0 Å². The molecule has 5 nitrogen and oxygen atoms in total. The van der Waals surface area contributed by atoms with Gasteiger partial charge in [-0.05, 0) is 31.0 Å². The summed E-state index contributed by atoms with van der Waals surface area (Å²) in [6.07, 6.45) is 0.721. The van der Waals surface area contributed by atoms with Crippen LogP contribution in [0, 0.1) is 12.7 Å². The number of halogens is 1. The second-order valence-corrected chi connectivity index (χ2v) is 4.28. The van der Waals surface area contributed by atoms with Crippen molar-refractivity contribution in [2.75, 3.05) is 13.1 Å². The SMILES string of the molecule is CCCN(CC(N)=NO)C(=O)c1ccc(C)c(F)c1. The molecule has 0 aliphatic heterocycles. The second kappa shape index (κ2) is 6.72. The topological polar surface area (TPSA) is 78.9 Å². The number of carbonyl (C=O) groups excluding carboxylic acids is 1. The van der Waals surface area contributed by atoms with Crippen LogP contribution in [-0.2, 0) is 0 Å². The molecule has 1 aromatic carbocycles. The van der Waals surface area contributed by atoms with Gasteiger partial charge in [0.2, 0.25) is 0 Å². The minimum Gasteiger partial charge on any atom is -0.409 e. The number of amides is 1. The van der Waals surface area contributed by atoms with Crippen LogP contribution in [0.25, 0.3) is 0 Å². The highest BCUT2D eigenvalue weighted by Gasteiger charge is 2.17. The van der Waals surface area contributed by atoms with Crippen molar-refractivity contribution in [2.45, 2.75) is 20.3 Å². The molecule has 0 aliphatic carbocycles. The van der Waals surface area contributed by atoms with Crippen LogP contribution in [0.15, 0.2) is 23.4 Å². The third kappa shape index (κ3) is 3.94. The number of nitrogens with two attached hydrogens (primary N) is 1. The standard InChI is InChI=1S/C13H18FN3O2/c1-3-6-17(8-12(15)16-19)13(18)10-5-4-9(2)11(14)7-10/h4-5,7,19H,3,6,8H2,1-2H3,(H2,15,16). The van der Waals surface area contributed by atoms with E-state index in [-0.39, 0.29) is 23.9 Å². The summed E-state index contributed by atoms with van der Waals surface area (Å²) in [5.74, 6) is -0.826. The van der Waals surface area contributed by atoms with Crippen LogP contribution in [0.5, 0.6) is 0 Å². The molecular formula is C13H18FN3O2. The van der Waals surface area contributed by atoms with Gasteiger partial charge in [0.1, 0.15) is 5.82 Å². The fraction of sp³-hybridized carbons (Fsp3) is 0.385. The highest BCUT2D eigenvalue weighted by molar-refractivity contribution is 5.97. The van der Waals surface area contributed by atoms with E-state index in [0.29, 0.717) is 12.1 Å². The van der Waals surface area contributed by atoms with Gasteiger partial charge in [-0.25, -0.2) is 4.39 Å². The first kappa shape index (κ1) is 14.9. The maximum atomic E-state index is 13.5. The molecule has 1 rings (SSSR count). The van der Waals surface area contributed by atoms with Gasteiger partial charge < -0.3 is 15.8 Å². The second-order valence-electron chi connectivity index (χ2n) is 4.28. The summed E-state index contributed by atoms with van der Waals surface area (Å²) in [6.45, 7) is 4.00. The third-order valence-corrected chi connectivity index (χ3v) is 2.68. The normalized spacial score (nSPS) is 11.4. The minimum absolute atomic E-state index is 0.0126. The van der Waals surface area contributed by atoms with Gasteiger partial charge in [-0.15, -0.1) is 0 Å². The van der Waals surface area contributed by atoms with Crippen LogP contribution < -0.4 is 5.73 Å². The summed E-state index contributed by atoms with van der Waals surface area (Å²) in [5, 5.41) is 11.4. The average Bonchev–Trinajstić information content (AvgIpc) is 2.40. The van der Waals surface area contributed by atoms with Crippen molar-refractivity contribution >= 4 is 11.7 Å². The van der Waals surface area contributed by atoms with Crippen LogP contribution in [0.4, 0.5) is 4.39 Å². The van der Waals surface area contributed by atoms with Crippen LogP contribution in [-0.4, -0.2) is 34.9 Å². The van der Waals surface area contributed by atoms with Gasteiger partial charge in [0, 0.05) is 12.1 Å². The number of carbonyl (C=O) groups is 1. The van der Waals surface area contributed by atoms with Gasteiger partial charge in [-0.2, -0.15) is 0 Å². The molecule has 0 bridgehead atoms. The Bertz CT molecular complexity index is 489. The number of rotatable bonds is 5. The molecule has 0 aromatic heterocycles. The van der Waals surface area contributed by atoms with Crippen molar-refractivity contribution in [3.8, 4) is 0 Å². The van der Waals surface area contributed by atoms with Gasteiger partial charge in [0.15, 0.2) is 5.84 Å². The Morgan fingerprint density at radius 3 is 2.74 bits per heavy atom. The zero-order valence-electron chi connectivity index (χ0n) is 11.1. The van der Waals surface area contributed by atoms with E-state index < -0.39 is 5.82 Å². The molecule has 3 N–H and O–H groups in total. The number of nitrogens with zero attached hydrogens (tertiary/aromatic N) is 2. The first-order chi connectivity index (χ1) is 8.99. The Morgan fingerprint density at radius 1 is 1.53 bits per heavy atom. The molecule has 104 valence electrons. The molecule has 6 heteroatoms. The first-order valence-corrected chi connectivity index (χ1v) is 6.01. The molecule has 0 saturated heterocycles. The number of aryl methyl sites for hydroxylation is 1. The predicted molar refractivity (Wildman–Crippen MR) is 70.7 cm³/mol. The molecule has 1 aromatic rings. The summed E-state index contributed by atoms with van der Waals surface area (Å²) < 4.78 is 13.5. The van der Waals surface area contributed by atoms with Crippen LogP contribution >= 0.6 is 0 Å². The quantitative estimate of drug-likeness (QED) is 0.369. The molecule has 0 aliphatic rings. The lowest BCUT2D eigenvalue weighted by atomic mass is 10.1.